The van der Waals surface area contributed by atoms with Gasteiger partial charge in [0.2, 0.25) is 0 Å². The van der Waals surface area contributed by atoms with E-state index in [4.69, 9.17) is 5.73 Å². The van der Waals surface area contributed by atoms with E-state index in [1.165, 1.54) is 13.2 Å². The summed E-state index contributed by atoms with van der Waals surface area (Å²) in [5, 5.41) is 2.71. The number of rotatable bonds is 5. The summed E-state index contributed by atoms with van der Waals surface area (Å²) in [7, 11) is 1.30. The molecule has 1 aromatic carbocycles. The van der Waals surface area contributed by atoms with E-state index in [0.717, 1.165) is 6.42 Å². The van der Waals surface area contributed by atoms with Crippen molar-refractivity contribution in [3.8, 4) is 0 Å². The molecule has 5 heteroatoms. The van der Waals surface area contributed by atoms with Crippen molar-refractivity contribution in [1.82, 2.24) is 5.32 Å². The van der Waals surface area contributed by atoms with Crippen LogP contribution >= 0.6 is 0 Å². The number of hydrogen-bond acceptors (Lipinski definition) is 4. The number of carbonyl (C=O) groups excluding carboxylic acids is 2. The summed E-state index contributed by atoms with van der Waals surface area (Å²) in [5.74, 6) is -0.675. The number of hydrogen-bond donors (Lipinski definition) is 2. The van der Waals surface area contributed by atoms with Crippen LogP contribution in [0.25, 0.3) is 0 Å². The number of nitrogens with two attached hydrogens (primary N) is 1. The molecular weight excluding hydrogens is 220 g/mol. The summed E-state index contributed by atoms with van der Waals surface area (Å²) < 4.78 is 4.58. The molecule has 3 N–H and O–H groups in total. The predicted molar refractivity (Wildman–Crippen MR) is 63.8 cm³/mol. The summed E-state index contributed by atoms with van der Waals surface area (Å²) >= 11 is 0. The van der Waals surface area contributed by atoms with Gasteiger partial charge in [-0.25, -0.2) is 4.79 Å². The van der Waals surface area contributed by atoms with Crippen molar-refractivity contribution in [2.24, 2.45) is 5.73 Å². The van der Waals surface area contributed by atoms with Crippen molar-refractivity contribution in [1.29, 1.82) is 0 Å². The molecule has 0 aliphatic carbocycles. The van der Waals surface area contributed by atoms with E-state index in [1.54, 1.807) is 18.2 Å². The molecule has 1 amide bonds. The molecule has 0 bridgehead atoms. The van der Waals surface area contributed by atoms with Crippen molar-refractivity contribution < 1.29 is 14.3 Å². The third-order valence-electron chi connectivity index (χ3n) is 2.21. The minimum atomic E-state index is -0.457. The molecule has 0 heterocycles. The molecule has 5 nitrogen and oxygen atoms in total. The van der Waals surface area contributed by atoms with Gasteiger partial charge in [0.15, 0.2) is 0 Å². The lowest BCUT2D eigenvalue weighted by molar-refractivity contribution is 0.0600. The third kappa shape index (κ3) is 3.88. The largest absolute Gasteiger partial charge is 0.465 e. The van der Waals surface area contributed by atoms with Gasteiger partial charge in [-0.3, -0.25) is 4.79 Å². The van der Waals surface area contributed by atoms with E-state index in [2.05, 4.69) is 10.1 Å². The highest BCUT2D eigenvalue weighted by atomic mass is 16.5. The summed E-state index contributed by atoms with van der Waals surface area (Å²) in [6.07, 6.45) is 0.725. The molecule has 17 heavy (non-hydrogen) atoms. The first kappa shape index (κ1) is 13.2. The Morgan fingerprint density at radius 3 is 2.71 bits per heavy atom. The van der Waals surface area contributed by atoms with Crippen molar-refractivity contribution >= 4 is 11.9 Å². The molecule has 0 radical (unpaired) electrons. The van der Waals surface area contributed by atoms with E-state index in [-0.39, 0.29) is 5.91 Å². The predicted octanol–water partition coefficient (Wildman–Crippen LogP) is 0.552. The Balaban J connectivity index is 2.70. The van der Waals surface area contributed by atoms with Crippen LogP contribution in [0, 0.1) is 0 Å². The van der Waals surface area contributed by atoms with Crippen molar-refractivity contribution in [3.63, 3.8) is 0 Å². The van der Waals surface area contributed by atoms with Gasteiger partial charge in [0.05, 0.1) is 12.7 Å². The van der Waals surface area contributed by atoms with E-state index in [1.807, 2.05) is 0 Å². The molecule has 0 aliphatic heterocycles. The number of esters is 1. The normalized spacial score (nSPS) is 9.76. The summed E-state index contributed by atoms with van der Waals surface area (Å²) in [6.45, 7) is 1.06. The van der Waals surface area contributed by atoms with Crippen LogP contribution in [0.3, 0.4) is 0 Å². The first-order valence-corrected chi connectivity index (χ1v) is 5.35. The average molecular weight is 236 g/mol. The maximum absolute atomic E-state index is 11.7. The zero-order valence-electron chi connectivity index (χ0n) is 9.73. The maximum atomic E-state index is 11.7. The van der Waals surface area contributed by atoms with Crippen molar-refractivity contribution in [3.05, 3.63) is 35.4 Å². The van der Waals surface area contributed by atoms with E-state index in [9.17, 15) is 9.59 Å². The lowest BCUT2D eigenvalue weighted by Crippen LogP contribution is -2.26. The lowest BCUT2D eigenvalue weighted by Gasteiger charge is -2.05. The van der Waals surface area contributed by atoms with Crippen LogP contribution in [0.2, 0.25) is 0 Å². The SMILES string of the molecule is COC(=O)c1cccc(C(=O)NCCCN)c1. The summed E-state index contributed by atoms with van der Waals surface area (Å²) in [4.78, 5) is 23.0. The fourth-order valence-electron chi connectivity index (χ4n) is 1.31. The first-order valence-electron chi connectivity index (χ1n) is 5.35. The number of benzene rings is 1. The topological polar surface area (TPSA) is 81.4 Å². The van der Waals surface area contributed by atoms with Gasteiger partial charge in [0, 0.05) is 12.1 Å². The number of methoxy groups -OCH3 is 1. The van der Waals surface area contributed by atoms with Crippen LogP contribution in [0.5, 0.6) is 0 Å². The van der Waals surface area contributed by atoms with E-state index in [0.29, 0.717) is 24.2 Å². The molecule has 1 rings (SSSR count). The average Bonchev–Trinajstić information content (AvgIpc) is 2.38. The van der Waals surface area contributed by atoms with Crippen molar-refractivity contribution in [2.75, 3.05) is 20.2 Å². The minimum Gasteiger partial charge on any atom is -0.465 e. The number of nitrogens with one attached hydrogen (secondary N) is 1. The van der Waals surface area contributed by atoms with Crippen LogP contribution in [-0.4, -0.2) is 32.1 Å². The quantitative estimate of drug-likeness (QED) is 0.578. The Morgan fingerprint density at radius 1 is 1.35 bits per heavy atom. The molecule has 0 fully saturated rings. The van der Waals surface area contributed by atoms with Crippen LogP contribution in [0.4, 0.5) is 0 Å². The van der Waals surface area contributed by atoms with Gasteiger partial charge >= 0.3 is 5.97 Å². The standard InChI is InChI=1S/C12H16N2O3/c1-17-12(16)10-5-2-4-9(8-10)11(15)14-7-3-6-13/h2,4-5,8H,3,6-7,13H2,1H3,(H,14,15). The molecule has 0 atom stereocenters. The van der Waals surface area contributed by atoms with Gasteiger partial charge in [-0.1, -0.05) is 6.07 Å². The lowest BCUT2D eigenvalue weighted by atomic mass is 10.1. The molecule has 0 unspecified atom stereocenters. The van der Waals surface area contributed by atoms with Crippen LogP contribution < -0.4 is 11.1 Å². The number of carbonyl (C=O) groups is 2. The second kappa shape index (κ2) is 6.65. The fourth-order valence-corrected chi connectivity index (χ4v) is 1.31. The molecular formula is C12H16N2O3. The van der Waals surface area contributed by atoms with Crippen LogP contribution in [0.15, 0.2) is 24.3 Å². The highest BCUT2D eigenvalue weighted by Crippen LogP contribution is 2.06. The number of ether oxygens (including phenoxy) is 1. The molecule has 0 aromatic heterocycles. The zero-order valence-corrected chi connectivity index (χ0v) is 9.73. The molecule has 0 spiro atoms. The van der Waals surface area contributed by atoms with Gasteiger partial charge in [0.25, 0.3) is 5.91 Å². The maximum Gasteiger partial charge on any atom is 0.337 e. The summed E-state index contributed by atoms with van der Waals surface area (Å²) in [6, 6.07) is 6.39. The first-order chi connectivity index (χ1) is 8.19. The second-order valence-electron chi connectivity index (χ2n) is 3.47. The molecule has 92 valence electrons. The highest BCUT2D eigenvalue weighted by molar-refractivity contribution is 5.97. The Morgan fingerprint density at radius 2 is 2.06 bits per heavy atom. The van der Waals surface area contributed by atoms with Gasteiger partial charge in [-0.2, -0.15) is 0 Å². The van der Waals surface area contributed by atoms with E-state index < -0.39 is 5.97 Å². The Kier molecular flexibility index (Phi) is 5.16. The van der Waals surface area contributed by atoms with Gasteiger partial charge in [-0.05, 0) is 31.2 Å². The number of amides is 1. The monoisotopic (exact) mass is 236 g/mol. The van der Waals surface area contributed by atoms with Crippen LogP contribution in [0.1, 0.15) is 27.1 Å². The minimum absolute atomic E-state index is 0.218. The Labute approximate surface area is 99.9 Å². The van der Waals surface area contributed by atoms with Gasteiger partial charge < -0.3 is 15.8 Å². The third-order valence-corrected chi connectivity index (χ3v) is 2.21. The Bertz CT molecular complexity index is 404. The molecule has 1 aromatic rings. The summed E-state index contributed by atoms with van der Waals surface area (Å²) in [5.41, 5.74) is 6.12. The van der Waals surface area contributed by atoms with Gasteiger partial charge in [0.1, 0.15) is 0 Å². The van der Waals surface area contributed by atoms with E-state index >= 15 is 0 Å². The Hall–Kier alpha value is -1.88. The molecule has 0 aliphatic rings. The van der Waals surface area contributed by atoms with Crippen molar-refractivity contribution in [2.45, 2.75) is 6.42 Å². The highest BCUT2D eigenvalue weighted by Gasteiger charge is 2.09. The molecule has 0 saturated heterocycles. The second-order valence-corrected chi connectivity index (χ2v) is 3.47. The zero-order chi connectivity index (χ0) is 12.7. The smallest absolute Gasteiger partial charge is 0.337 e. The molecule has 0 saturated carbocycles. The van der Waals surface area contributed by atoms with Crippen LogP contribution in [-0.2, 0) is 4.74 Å². The van der Waals surface area contributed by atoms with Gasteiger partial charge in [-0.15, -0.1) is 0 Å². The fraction of sp³-hybridized carbons (Fsp3) is 0.333.